The predicted octanol–water partition coefficient (Wildman–Crippen LogP) is 1.61. The molecule has 5 aliphatic rings. The molecule has 19 heavy (non-hydrogen) atoms. The van der Waals surface area contributed by atoms with Crippen LogP contribution in [-0.4, -0.2) is 46.4 Å². The number of amides is 1. The number of amidine groups is 1. The van der Waals surface area contributed by atoms with Crippen LogP contribution in [0.3, 0.4) is 0 Å². The minimum absolute atomic E-state index is 0.160. The van der Waals surface area contributed by atoms with Crippen LogP contribution in [0.15, 0.2) is 4.99 Å². The van der Waals surface area contributed by atoms with Gasteiger partial charge in [0.2, 0.25) is 5.91 Å². The number of hydrogen-bond acceptors (Lipinski definition) is 4. The number of carbonyl (C=O) groups is 1. The number of fused-ring (bicyclic) bond motifs is 3. The van der Waals surface area contributed by atoms with Gasteiger partial charge >= 0.3 is 0 Å². The number of rotatable bonds is 1. The van der Waals surface area contributed by atoms with Gasteiger partial charge in [0.25, 0.3) is 0 Å². The molecule has 1 amide bonds. The summed E-state index contributed by atoms with van der Waals surface area (Å²) >= 11 is 1.72. The van der Waals surface area contributed by atoms with Crippen molar-refractivity contribution < 1.29 is 4.79 Å². The molecule has 5 fully saturated rings. The van der Waals surface area contributed by atoms with Crippen molar-refractivity contribution in [2.45, 2.75) is 49.3 Å². The second kappa shape index (κ2) is 4.48. The molecule has 1 aliphatic carbocycles. The van der Waals surface area contributed by atoms with E-state index in [1.54, 1.807) is 11.8 Å². The van der Waals surface area contributed by atoms with Crippen LogP contribution >= 0.6 is 11.8 Å². The van der Waals surface area contributed by atoms with Gasteiger partial charge in [0.15, 0.2) is 5.17 Å². The van der Waals surface area contributed by atoms with Crippen LogP contribution in [0.1, 0.15) is 38.5 Å². The fourth-order valence-corrected chi connectivity index (χ4v) is 5.37. The third kappa shape index (κ3) is 2.02. The summed E-state index contributed by atoms with van der Waals surface area (Å²) in [5.74, 6) is 0.963. The maximum atomic E-state index is 12.2. The average molecular weight is 279 g/mol. The summed E-state index contributed by atoms with van der Waals surface area (Å²) in [7, 11) is 0. The first-order valence-electron chi connectivity index (χ1n) is 7.56. The highest BCUT2D eigenvalue weighted by Gasteiger charge is 2.48. The SMILES string of the molecule is O=C1NC(=NC2CN3CCC2CC3)SC12CCCC2. The number of piperidine rings is 3. The van der Waals surface area contributed by atoms with Crippen molar-refractivity contribution in [3.05, 3.63) is 0 Å². The maximum Gasteiger partial charge on any atom is 0.242 e. The number of thioether (sulfide) groups is 1. The normalized spacial score (nSPS) is 42.2. The van der Waals surface area contributed by atoms with Gasteiger partial charge in [0.1, 0.15) is 4.75 Å². The lowest BCUT2D eigenvalue weighted by atomic mass is 9.84. The van der Waals surface area contributed by atoms with Gasteiger partial charge in [-0.3, -0.25) is 9.79 Å². The molecule has 0 aromatic heterocycles. The Labute approximate surface area is 118 Å². The molecule has 4 heterocycles. The van der Waals surface area contributed by atoms with E-state index >= 15 is 0 Å². The van der Waals surface area contributed by atoms with Crippen LogP contribution in [-0.2, 0) is 4.79 Å². The first-order valence-corrected chi connectivity index (χ1v) is 8.37. The Morgan fingerprint density at radius 1 is 1.26 bits per heavy atom. The Balaban J connectivity index is 1.51. The van der Waals surface area contributed by atoms with Gasteiger partial charge in [0.05, 0.1) is 6.04 Å². The van der Waals surface area contributed by atoms with Crippen LogP contribution in [0, 0.1) is 5.92 Å². The lowest BCUT2D eigenvalue weighted by Gasteiger charge is -2.43. The minimum atomic E-state index is -0.160. The number of nitrogens with zero attached hydrogens (tertiary/aromatic N) is 2. The van der Waals surface area contributed by atoms with E-state index in [1.807, 2.05) is 0 Å². The predicted molar refractivity (Wildman–Crippen MR) is 77.3 cm³/mol. The van der Waals surface area contributed by atoms with Crippen LogP contribution in [0.25, 0.3) is 0 Å². The van der Waals surface area contributed by atoms with E-state index in [0.29, 0.717) is 6.04 Å². The smallest absolute Gasteiger partial charge is 0.242 e. The van der Waals surface area contributed by atoms with Gasteiger partial charge in [0, 0.05) is 6.54 Å². The van der Waals surface area contributed by atoms with Gasteiger partial charge in [-0.2, -0.15) is 0 Å². The molecule has 5 heteroatoms. The highest BCUT2D eigenvalue weighted by Crippen LogP contribution is 2.45. The molecule has 4 saturated heterocycles. The zero-order valence-corrected chi connectivity index (χ0v) is 12.0. The second-order valence-electron chi connectivity index (χ2n) is 6.40. The van der Waals surface area contributed by atoms with Crippen LogP contribution < -0.4 is 5.32 Å². The van der Waals surface area contributed by atoms with Crippen molar-refractivity contribution in [3.8, 4) is 0 Å². The Kier molecular flexibility index (Phi) is 2.88. The summed E-state index contributed by atoms with van der Waals surface area (Å²) < 4.78 is -0.160. The molecule has 0 aromatic carbocycles. The molecule has 1 spiro atoms. The van der Waals surface area contributed by atoms with Crippen LogP contribution in [0.4, 0.5) is 0 Å². The van der Waals surface area contributed by atoms with Crippen molar-refractivity contribution in [3.63, 3.8) is 0 Å². The molecule has 1 saturated carbocycles. The van der Waals surface area contributed by atoms with Gasteiger partial charge in [-0.05, 0) is 44.7 Å². The summed E-state index contributed by atoms with van der Waals surface area (Å²) in [5.41, 5.74) is 0. The third-order valence-electron chi connectivity index (χ3n) is 5.24. The van der Waals surface area contributed by atoms with E-state index in [1.165, 1.54) is 38.8 Å². The van der Waals surface area contributed by atoms with E-state index in [2.05, 4.69) is 10.2 Å². The Hall–Kier alpha value is -0.550. The van der Waals surface area contributed by atoms with Crippen molar-refractivity contribution in [2.75, 3.05) is 19.6 Å². The van der Waals surface area contributed by atoms with E-state index in [9.17, 15) is 4.79 Å². The summed E-state index contributed by atoms with van der Waals surface area (Å²) in [4.78, 5) is 19.6. The molecule has 1 atom stereocenters. The number of aliphatic imine (C=N–C) groups is 1. The van der Waals surface area contributed by atoms with Gasteiger partial charge in [-0.25, -0.2) is 0 Å². The minimum Gasteiger partial charge on any atom is -0.304 e. The highest BCUT2D eigenvalue weighted by atomic mass is 32.2. The molecule has 4 aliphatic heterocycles. The molecular weight excluding hydrogens is 258 g/mol. The van der Waals surface area contributed by atoms with Crippen molar-refractivity contribution in [2.24, 2.45) is 10.9 Å². The third-order valence-corrected chi connectivity index (χ3v) is 6.63. The van der Waals surface area contributed by atoms with E-state index in [0.717, 1.165) is 30.5 Å². The standard InChI is InChI=1S/C14H21N3OS/c18-12-14(5-1-2-6-14)19-13(16-12)15-11-9-17-7-3-10(11)4-8-17/h10-11H,1-9H2,(H,15,16,18). The van der Waals surface area contributed by atoms with E-state index in [4.69, 9.17) is 4.99 Å². The first-order chi connectivity index (χ1) is 9.25. The maximum absolute atomic E-state index is 12.2. The summed E-state index contributed by atoms with van der Waals surface area (Å²) in [6.07, 6.45) is 7.00. The summed E-state index contributed by atoms with van der Waals surface area (Å²) in [6, 6.07) is 0.418. The van der Waals surface area contributed by atoms with Crippen LogP contribution in [0.5, 0.6) is 0 Å². The Bertz CT molecular complexity index is 422. The van der Waals surface area contributed by atoms with Crippen LogP contribution in [0.2, 0.25) is 0 Å². The molecule has 4 nitrogen and oxygen atoms in total. The molecule has 104 valence electrons. The summed E-state index contributed by atoms with van der Waals surface area (Å²) in [5, 5.41) is 3.96. The van der Waals surface area contributed by atoms with Gasteiger partial charge < -0.3 is 10.2 Å². The molecule has 5 rings (SSSR count). The fourth-order valence-electron chi connectivity index (χ4n) is 4.03. The zero-order valence-electron chi connectivity index (χ0n) is 11.2. The quantitative estimate of drug-likeness (QED) is 0.793. The molecule has 0 aromatic rings. The Morgan fingerprint density at radius 2 is 2.00 bits per heavy atom. The lowest BCUT2D eigenvalue weighted by Crippen LogP contribution is -2.50. The summed E-state index contributed by atoms with van der Waals surface area (Å²) in [6.45, 7) is 3.59. The Morgan fingerprint density at radius 3 is 2.63 bits per heavy atom. The molecule has 1 N–H and O–H groups in total. The first kappa shape index (κ1) is 12.2. The van der Waals surface area contributed by atoms with Gasteiger partial charge in [-0.15, -0.1) is 0 Å². The van der Waals surface area contributed by atoms with E-state index < -0.39 is 0 Å². The van der Waals surface area contributed by atoms with Gasteiger partial charge in [-0.1, -0.05) is 24.6 Å². The lowest BCUT2D eigenvalue weighted by molar-refractivity contribution is -0.121. The largest absolute Gasteiger partial charge is 0.304 e. The zero-order chi connectivity index (χ0) is 12.9. The molecular formula is C14H21N3OS. The van der Waals surface area contributed by atoms with Crippen molar-refractivity contribution in [1.82, 2.24) is 10.2 Å². The number of nitrogens with one attached hydrogen (secondary N) is 1. The van der Waals surface area contributed by atoms with Crippen molar-refractivity contribution in [1.29, 1.82) is 0 Å². The molecule has 2 bridgehead atoms. The number of carbonyl (C=O) groups excluding carboxylic acids is 1. The van der Waals surface area contributed by atoms with E-state index in [-0.39, 0.29) is 10.7 Å². The monoisotopic (exact) mass is 279 g/mol. The second-order valence-corrected chi connectivity index (χ2v) is 7.77. The topological polar surface area (TPSA) is 44.7 Å². The van der Waals surface area contributed by atoms with Crippen molar-refractivity contribution >= 4 is 22.8 Å². The molecule has 1 unspecified atom stereocenters. The number of hydrogen-bond donors (Lipinski definition) is 1. The fraction of sp³-hybridized carbons (Fsp3) is 0.857. The highest BCUT2D eigenvalue weighted by molar-refractivity contribution is 8.16. The molecule has 0 radical (unpaired) electrons. The average Bonchev–Trinajstić information content (AvgIpc) is 3.00.